The van der Waals surface area contributed by atoms with Crippen LogP contribution in [0.5, 0.6) is 5.75 Å². The summed E-state index contributed by atoms with van der Waals surface area (Å²) in [5.41, 5.74) is 1.82. The molecule has 0 spiro atoms. The number of rotatable bonds is 7. The number of fused-ring (bicyclic) bond motifs is 3. The first kappa shape index (κ1) is 21.2. The van der Waals surface area contributed by atoms with Gasteiger partial charge in [0, 0.05) is 11.3 Å². The van der Waals surface area contributed by atoms with Gasteiger partial charge in [-0.1, -0.05) is 36.0 Å². The zero-order valence-electron chi connectivity index (χ0n) is 18.1. The Kier molecular flexibility index (Phi) is 6.01. The smallest absolute Gasteiger partial charge is 0.267 e. The van der Waals surface area contributed by atoms with Crippen molar-refractivity contribution in [3.05, 3.63) is 56.8 Å². The van der Waals surface area contributed by atoms with E-state index >= 15 is 0 Å². The van der Waals surface area contributed by atoms with E-state index in [1.54, 1.807) is 23.0 Å². The van der Waals surface area contributed by atoms with E-state index in [1.165, 1.54) is 28.6 Å². The lowest BCUT2D eigenvalue weighted by Crippen LogP contribution is -2.22. The largest absolute Gasteiger partial charge is 0.495 e. The Morgan fingerprint density at radius 3 is 2.91 bits per heavy atom. The summed E-state index contributed by atoms with van der Waals surface area (Å²) in [7, 11) is 1.61. The molecule has 0 amide bonds. The Balaban J connectivity index is 1.63. The summed E-state index contributed by atoms with van der Waals surface area (Å²) in [5.74, 6) is 2.31. The van der Waals surface area contributed by atoms with Crippen LogP contribution >= 0.6 is 23.1 Å². The van der Waals surface area contributed by atoms with E-state index in [-0.39, 0.29) is 5.56 Å². The van der Waals surface area contributed by atoms with Crippen LogP contribution in [0.1, 0.15) is 48.3 Å². The normalized spacial score (nSPS) is 13.4. The lowest BCUT2D eigenvalue weighted by molar-refractivity contribution is 0.384. The number of thioether (sulfide) groups is 1. The van der Waals surface area contributed by atoms with E-state index in [4.69, 9.17) is 14.2 Å². The Hall–Kier alpha value is -2.65. The lowest BCUT2D eigenvalue weighted by Gasteiger charge is -2.15. The number of hydrogen-bond donors (Lipinski definition) is 0. The standard InChI is InChI=1S/C23H24N4O3S2/c1-3-8-18-24-19(30-26-18)13-31-23-25-21-20(14-9-4-7-12-17(14)32-21)22(28)27(23)15-10-5-6-11-16(15)29-2/h5-6,10-11H,3-4,7-9,12-13H2,1-2H3. The molecule has 0 saturated carbocycles. The van der Waals surface area contributed by atoms with Crippen molar-refractivity contribution in [2.24, 2.45) is 0 Å². The number of nitrogens with zero attached hydrogens (tertiary/aromatic N) is 4. The molecular weight excluding hydrogens is 444 g/mol. The summed E-state index contributed by atoms with van der Waals surface area (Å²) in [5, 5.41) is 5.38. The summed E-state index contributed by atoms with van der Waals surface area (Å²) in [6.07, 6.45) is 5.98. The van der Waals surface area contributed by atoms with Crippen LogP contribution in [0.15, 0.2) is 38.7 Å². The fourth-order valence-electron chi connectivity index (χ4n) is 4.11. The second-order valence-electron chi connectivity index (χ2n) is 7.74. The van der Waals surface area contributed by atoms with Gasteiger partial charge in [-0.05, 0) is 49.8 Å². The fourth-order valence-corrected chi connectivity index (χ4v) is 6.26. The monoisotopic (exact) mass is 468 g/mol. The van der Waals surface area contributed by atoms with Gasteiger partial charge < -0.3 is 9.26 Å². The zero-order chi connectivity index (χ0) is 22.1. The molecule has 4 aromatic rings. The van der Waals surface area contributed by atoms with Gasteiger partial charge >= 0.3 is 0 Å². The third-order valence-electron chi connectivity index (χ3n) is 5.59. The minimum absolute atomic E-state index is 0.0430. The van der Waals surface area contributed by atoms with Gasteiger partial charge in [-0.15, -0.1) is 11.3 Å². The predicted molar refractivity (Wildman–Crippen MR) is 126 cm³/mol. The molecule has 0 bridgehead atoms. The maximum atomic E-state index is 13.9. The van der Waals surface area contributed by atoms with Crippen molar-refractivity contribution in [3.8, 4) is 11.4 Å². The average molecular weight is 469 g/mol. The predicted octanol–water partition coefficient (Wildman–Crippen LogP) is 4.96. The topological polar surface area (TPSA) is 83.0 Å². The van der Waals surface area contributed by atoms with Gasteiger partial charge in [0.25, 0.3) is 5.56 Å². The second kappa shape index (κ2) is 9.07. The van der Waals surface area contributed by atoms with Gasteiger partial charge in [-0.3, -0.25) is 9.36 Å². The number of benzene rings is 1. The summed E-state index contributed by atoms with van der Waals surface area (Å²) < 4.78 is 12.6. The van der Waals surface area contributed by atoms with E-state index in [2.05, 4.69) is 17.1 Å². The number of aromatic nitrogens is 4. The van der Waals surface area contributed by atoms with Crippen molar-refractivity contribution in [1.82, 2.24) is 19.7 Å². The van der Waals surface area contributed by atoms with Crippen LogP contribution in [-0.2, 0) is 25.0 Å². The van der Waals surface area contributed by atoms with Crippen molar-refractivity contribution < 1.29 is 9.26 Å². The highest BCUT2D eigenvalue weighted by molar-refractivity contribution is 7.98. The van der Waals surface area contributed by atoms with Crippen LogP contribution in [0.3, 0.4) is 0 Å². The molecule has 3 heterocycles. The molecule has 0 saturated heterocycles. The Morgan fingerprint density at radius 2 is 2.06 bits per heavy atom. The molecule has 5 rings (SSSR count). The minimum Gasteiger partial charge on any atom is -0.495 e. The first-order chi connectivity index (χ1) is 15.7. The molecular formula is C23H24N4O3S2. The molecule has 0 aliphatic heterocycles. The number of thiophene rings is 1. The highest BCUT2D eigenvalue weighted by Crippen LogP contribution is 2.36. The molecule has 1 aliphatic rings. The Morgan fingerprint density at radius 1 is 1.22 bits per heavy atom. The molecule has 3 aromatic heterocycles. The van der Waals surface area contributed by atoms with E-state index in [1.807, 2.05) is 24.3 Å². The van der Waals surface area contributed by atoms with Crippen LogP contribution in [-0.4, -0.2) is 26.8 Å². The minimum atomic E-state index is -0.0430. The zero-order valence-corrected chi connectivity index (χ0v) is 19.7. The van der Waals surface area contributed by atoms with Crippen LogP contribution in [0.2, 0.25) is 0 Å². The van der Waals surface area contributed by atoms with Crippen molar-refractivity contribution >= 4 is 33.3 Å². The highest BCUT2D eigenvalue weighted by atomic mass is 32.2. The molecule has 7 nitrogen and oxygen atoms in total. The first-order valence-corrected chi connectivity index (χ1v) is 12.6. The van der Waals surface area contributed by atoms with E-state index in [0.717, 1.165) is 42.3 Å². The quantitative estimate of drug-likeness (QED) is 0.280. The summed E-state index contributed by atoms with van der Waals surface area (Å²) in [6.45, 7) is 2.08. The van der Waals surface area contributed by atoms with Crippen molar-refractivity contribution in [2.45, 2.75) is 56.4 Å². The fraction of sp³-hybridized carbons (Fsp3) is 0.391. The number of aryl methyl sites for hydroxylation is 3. The molecule has 1 aromatic carbocycles. The number of hydrogen-bond acceptors (Lipinski definition) is 8. The second-order valence-corrected chi connectivity index (χ2v) is 9.77. The molecule has 0 radical (unpaired) electrons. The molecule has 9 heteroatoms. The molecule has 0 fully saturated rings. The van der Waals surface area contributed by atoms with Crippen molar-refractivity contribution in [1.29, 1.82) is 0 Å². The SMILES string of the molecule is CCCc1noc(CSc2nc3sc4c(c3c(=O)n2-c2ccccc2OC)CCCC4)n1. The molecule has 0 atom stereocenters. The third-order valence-corrected chi connectivity index (χ3v) is 7.70. The maximum Gasteiger partial charge on any atom is 0.267 e. The highest BCUT2D eigenvalue weighted by Gasteiger charge is 2.24. The van der Waals surface area contributed by atoms with Gasteiger partial charge in [0.05, 0.1) is 23.9 Å². The van der Waals surface area contributed by atoms with Crippen LogP contribution in [0, 0.1) is 0 Å². The lowest BCUT2D eigenvalue weighted by atomic mass is 9.97. The van der Waals surface area contributed by atoms with Gasteiger partial charge in [-0.2, -0.15) is 4.98 Å². The average Bonchev–Trinajstić information content (AvgIpc) is 3.42. The van der Waals surface area contributed by atoms with E-state index in [9.17, 15) is 4.79 Å². The van der Waals surface area contributed by atoms with Crippen molar-refractivity contribution in [2.75, 3.05) is 7.11 Å². The van der Waals surface area contributed by atoms with Gasteiger partial charge in [0.15, 0.2) is 11.0 Å². The van der Waals surface area contributed by atoms with Gasteiger partial charge in [0.1, 0.15) is 10.6 Å². The summed E-state index contributed by atoms with van der Waals surface area (Å²) in [6, 6.07) is 7.55. The Bertz CT molecular complexity index is 1320. The van der Waals surface area contributed by atoms with Crippen LogP contribution in [0.25, 0.3) is 15.9 Å². The van der Waals surface area contributed by atoms with Gasteiger partial charge in [-0.25, -0.2) is 4.98 Å². The van der Waals surface area contributed by atoms with Gasteiger partial charge in [0.2, 0.25) is 5.89 Å². The van der Waals surface area contributed by atoms with Crippen molar-refractivity contribution in [3.63, 3.8) is 0 Å². The summed E-state index contributed by atoms with van der Waals surface area (Å²) in [4.78, 5) is 25.4. The molecule has 32 heavy (non-hydrogen) atoms. The molecule has 166 valence electrons. The number of methoxy groups -OCH3 is 1. The Labute approximate surface area is 193 Å². The first-order valence-electron chi connectivity index (χ1n) is 10.8. The number of ether oxygens (including phenoxy) is 1. The van der Waals surface area contributed by atoms with E-state index in [0.29, 0.717) is 34.1 Å². The number of para-hydroxylation sites is 2. The molecule has 0 unspecified atom stereocenters. The third kappa shape index (κ3) is 3.84. The van der Waals surface area contributed by atoms with E-state index < -0.39 is 0 Å². The molecule has 0 N–H and O–H groups in total. The van der Waals surface area contributed by atoms with Crippen LogP contribution in [0.4, 0.5) is 0 Å². The summed E-state index contributed by atoms with van der Waals surface area (Å²) >= 11 is 3.08. The molecule has 1 aliphatic carbocycles. The maximum absolute atomic E-state index is 13.9. The van der Waals surface area contributed by atoms with Crippen LogP contribution < -0.4 is 10.3 Å².